The fourth-order valence-corrected chi connectivity index (χ4v) is 5.52. The number of methoxy groups -OCH3 is 1. The van der Waals surface area contributed by atoms with E-state index in [0.717, 1.165) is 32.1 Å². The Morgan fingerprint density at radius 3 is 2.36 bits per heavy atom. The van der Waals surface area contributed by atoms with E-state index < -0.39 is 0 Å². The van der Waals surface area contributed by atoms with Crippen LogP contribution in [0.15, 0.2) is 42.7 Å². The Balaban J connectivity index is 1.62. The molecule has 1 aromatic heterocycles. The molecule has 2 amide bonds. The van der Waals surface area contributed by atoms with Crippen molar-refractivity contribution in [1.29, 1.82) is 5.26 Å². The highest BCUT2D eigenvalue weighted by Gasteiger charge is 2.54. The summed E-state index contributed by atoms with van der Waals surface area (Å²) in [7, 11) is 6.00. The molecule has 2 heterocycles. The molecule has 0 bridgehead atoms. The molecular weight excluding hydrogens is 416 g/mol. The maximum absolute atomic E-state index is 13.6. The number of hydrogen-bond donors (Lipinski definition) is 0. The first-order valence-corrected chi connectivity index (χ1v) is 11.5. The molecule has 2 aromatic rings. The molecular formula is C25H32N6O2. The Hall–Kier alpha value is -3.02. The first-order chi connectivity index (χ1) is 16.0. The van der Waals surface area contributed by atoms with Crippen LogP contribution in [0.5, 0.6) is 0 Å². The second-order valence-electron chi connectivity index (χ2n) is 9.26. The molecule has 2 aliphatic rings. The van der Waals surface area contributed by atoms with Crippen molar-refractivity contribution in [3.8, 4) is 6.07 Å². The Labute approximate surface area is 195 Å². The van der Waals surface area contributed by atoms with E-state index in [1.807, 2.05) is 6.07 Å². The predicted octanol–water partition coefficient (Wildman–Crippen LogP) is 3.40. The Kier molecular flexibility index (Phi) is 6.63. The van der Waals surface area contributed by atoms with Crippen LogP contribution in [0.3, 0.4) is 0 Å². The number of aromatic nitrogens is 2. The van der Waals surface area contributed by atoms with Crippen molar-refractivity contribution in [2.45, 2.75) is 43.2 Å². The van der Waals surface area contributed by atoms with E-state index in [2.05, 4.69) is 64.2 Å². The van der Waals surface area contributed by atoms with Gasteiger partial charge in [0.1, 0.15) is 6.07 Å². The van der Waals surface area contributed by atoms with Crippen molar-refractivity contribution in [2.75, 3.05) is 45.8 Å². The van der Waals surface area contributed by atoms with E-state index in [-0.39, 0.29) is 22.9 Å². The van der Waals surface area contributed by atoms with E-state index in [4.69, 9.17) is 10.00 Å². The van der Waals surface area contributed by atoms with Gasteiger partial charge in [0.15, 0.2) is 0 Å². The molecule has 174 valence electrons. The van der Waals surface area contributed by atoms with Gasteiger partial charge in [0.05, 0.1) is 30.2 Å². The summed E-state index contributed by atoms with van der Waals surface area (Å²) >= 11 is 0. The van der Waals surface area contributed by atoms with E-state index in [9.17, 15) is 4.79 Å². The average Bonchev–Trinajstić information content (AvgIpc) is 3.11. The number of hydrogen-bond acceptors (Lipinski definition) is 6. The van der Waals surface area contributed by atoms with E-state index in [0.29, 0.717) is 25.4 Å². The number of urea groups is 1. The van der Waals surface area contributed by atoms with Crippen LogP contribution < -0.4 is 4.90 Å². The third-order valence-electron chi connectivity index (χ3n) is 7.44. The normalized spacial score (nSPS) is 25.1. The predicted molar refractivity (Wildman–Crippen MR) is 126 cm³/mol. The molecule has 1 aliphatic heterocycles. The van der Waals surface area contributed by atoms with Crippen LogP contribution >= 0.6 is 0 Å². The van der Waals surface area contributed by atoms with Gasteiger partial charge < -0.3 is 9.64 Å². The van der Waals surface area contributed by atoms with Gasteiger partial charge in [0.25, 0.3) is 0 Å². The number of benzene rings is 1. The number of amides is 2. The summed E-state index contributed by atoms with van der Waals surface area (Å²) in [6.07, 6.45) is 7.70. The summed E-state index contributed by atoms with van der Waals surface area (Å²) in [4.78, 5) is 27.9. The molecule has 4 rings (SSSR count). The smallest absolute Gasteiger partial charge is 0.325 e. The molecule has 2 fully saturated rings. The number of carbonyl (C=O) groups excluding carboxylic acids is 1. The molecule has 1 saturated heterocycles. The highest BCUT2D eigenvalue weighted by atomic mass is 16.5. The monoisotopic (exact) mass is 448 g/mol. The quantitative estimate of drug-likeness (QED) is 0.604. The van der Waals surface area contributed by atoms with E-state index in [1.165, 1.54) is 5.56 Å². The highest BCUT2D eigenvalue weighted by Crippen LogP contribution is 2.49. The minimum Gasteiger partial charge on any atom is -0.385 e. The minimum absolute atomic E-state index is 0.0172. The number of rotatable bonds is 7. The molecule has 0 unspecified atom stereocenters. The van der Waals surface area contributed by atoms with Gasteiger partial charge in [-0.05, 0) is 51.8 Å². The van der Waals surface area contributed by atoms with Crippen LogP contribution in [0.4, 0.5) is 10.5 Å². The Morgan fingerprint density at radius 2 is 1.79 bits per heavy atom. The minimum atomic E-state index is -0.243. The van der Waals surface area contributed by atoms with Crippen molar-refractivity contribution < 1.29 is 9.53 Å². The first kappa shape index (κ1) is 23.1. The van der Waals surface area contributed by atoms with Gasteiger partial charge in [0.2, 0.25) is 5.82 Å². The van der Waals surface area contributed by atoms with Crippen molar-refractivity contribution in [2.24, 2.45) is 0 Å². The zero-order valence-corrected chi connectivity index (χ0v) is 19.7. The summed E-state index contributed by atoms with van der Waals surface area (Å²) in [5, 5.41) is 9.02. The second-order valence-corrected chi connectivity index (χ2v) is 9.26. The van der Waals surface area contributed by atoms with Crippen LogP contribution in [0.1, 0.15) is 43.5 Å². The molecule has 0 radical (unpaired) electrons. The number of nitrogens with zero attached hydrogens (tertiary/aromatic N) is 6. The molecule has 0 atom stereocenters. The van der Waals surface area contributed by atoms with E-state index in [1.54, 1.807) is 24.4 Å². The lowest BCUT2D eigenvalue weighted by molar-refractivity contribution is 0.0240. The van der Waals surface area contributed by atoms with Gasteiger partial charge >= 0.3 is 6.03 Å². The van der Waals surface area contributed by atoms with Crippen LogP contribution in [0.25, 0.3) is 0 Å². The largest absolute Gasteiger partial charge is 0.385 e. The fourth-order valence-electron chi connectivity index (χ4n) is 5.52. The summed E-state index contributed by atoms with van der Waals surface area (Å²) in [6, 6.07) is 12.6. The average molecular weight is 449 g/mol. The molecule has 1 aliphatic carbocycles. The topological polar surface area (TPSA) is 85.6 Å². The third-order valence-corrected chi connectivity index (χ3v) is 7.44. The molecule has 8 nitrogen and oxygen atoms in total. The number of carbonyl (C=O) groups is 1. The Bertz CT molecular complexity index is 994. The van der Waals surface area contributed by atoms with Crippen LogP contribution in [0, 0.1) is 11.3 Å². The molecule has 8 heteroatoms. The number of ether oxygens (including phenoxy) is 1. The van der Waals surface area contributed by atoms with Crippen molar-refractivity contribution >= 4 is 11.7 Å². The molecule has 33 heavy (non-hydrogen) atoms. The highest BCUT2D eigenvalue weighted by molar-refractivity contribution is 5.95. The van der Waals surface area contributed by atoms with E-state index >= 15 is 0 Å². The van der Waals surface area contributed by atoms with Crippen LogP contribution in [-0.4, -0.2) is 72.2 Å². The van der Waals surface area contributed by atoms with Gasteiger partial charge in [-0.3, -0.25) is 9.80 Å². The summed E-state index contributed by atoms with van der Waals surface area (Å²) < 4.78 is 5.26. The standard InChI is InChI=1S/C25H32N6O2/c1-29(2)25(20-8-5-4-6-9-20)12-10-24(11-13-25)19-30(21-17-27-22(16-26)28-18-21)23(32)31(24)14-7-15-33-3/h4-6,8-9,17-18H,7,10-15,19H2,1-3H3/t24-,25-. The molecule has 0 N–H and O–H groups in total. The summed E-state index contributed by atoms with van der Waals surface area (Å²) in [5.41, 5.74) is 1.68. The molecule has 1 saturated carbocycles. The number of anilines is 1. The third kappa shape index (κ3) is 4.19. The zero-order valence-electron chi connectivity index (χ0n) is 19.7. The maximum Gasteiger partial charge on any atom is 0.325 e. The fraction of sp³-hybridized carbons (Fsp3) is 0.520. The van der Waals surface area contributed by atoms with Gasteiger partial charge in [-0.1, -0.05) is 30.3 Å². The lowest BCUT2D eigenvalue weighted by Crippen LogP contribution is -2.55. The van der Waals surface area contributed by atoms with Crippen molar-refractivity contribution in [3.63, 3.8) is 0 Å². The van der Waals surface area contributed by atoms with Crippen LogP contribution in [-0.2, 0) is 10.3 Å². The number of nitriles is 1. The van der Waals surface area contributed by atoms with Gasteiger partial charge in [0, 0.05) is 25.8 Å². The lowest BCUT2D eigenvalue weighted by atomic mass is 9.68. The molecule has 1 aromatic carbocycles. The van der Waals surface area contributed by atoms with Gasteiger partial charge in [-0.25, -0.2) is 14.8 Å². The zero-order chi connectivity index (χ0) is 23.5. The first-order valence-electron chi connectivity index (χ1n) is 11.5. The maximum atomic E-state index is 13.6. The van der Waals surface area contributed by atoms with Gasteiger partial charge in [-0.15, -0.1) is 0 Å². The summed E-state index contributed by atoms with van der Waals surface area (Å²) in [6.45, 7) is 1.87. The molecule has 1 spiro atoms. The summed E-state index contributed by atoms with van der Waals surface area (Å²) in [5.74, 6) is 0.105. The second kappa shape index (κ2) is 9.46. The van der Waals surface area contributed by atoms with Crippen molar-refractivity contribution in [1.82, 2.24) is 19.8 Å². The van der Waals surface area contributed by atoms with Crippen molar-refractivity contribution in [3.05, 3.63) is 54.1 Å². The SMILES string of the molecule is COCCCN1C(=O)N(c2cnc(C#N)nc2)C[C@]12CC[C@@](c1ccccc1)(N(C)C)CC2. The lowest BCUT2D eigenvalue weighted by Gasteiger charge is -2.51. The van der Waals surface area contributed by atoms with Crippen LogP contribution in [0.2, 0.25) is 0 Å². The van der Waals surface area contributed by atoms with Gasteiger partial charge in [-0.2, -0.15) is 5.26 Å². The Morgan fingerprint density at radius 1 is 1.12 bits per heavy atom.